The van der Waals surface area contributed by atoms with Gasteiger partial charge in [0.05, 0.1) is 11.1 Å². The summed E-state index contributed by atoms with van der Waals surface area (Å²) in [7, 11) is 0. The van der Waals surface area contributed by atoms with Gasteiger partial charge in [0.1, 0.15) is 0 Å². The molecule has 2 aliphatic carbocycles. The SMILES string of the molecule is CC1(C)c2cc(-c3ccccc3)ccc2-c2c1cc1sc3ccccc3c1c2N(c1ccc(-c2ccccc2)cc1)c1ccc2c(c1)C(c1ccccc1)(c1ccccc1)c1ccccc1-2. The van der Waals surface area contributed by atoms with E-state index >= 15 is 0 Å². The minimum Gasteiger partial charge on any atom is -0.309 e. The largest absolute Gasteiger partial charge is 0.309 e. The lowest BCUT2D eigenvalue weighted by atomic mass is 9.67. The number of rotatable bonds is 7. The molecule has 1 aromatic heterocycles. The average Bonchev–Trinajstić information content (AvgIpc) is 3.98. The highest BCUT2D eigenvalue weighted by Crippen LogP contribution is 2.61. The van der Waals surface area contributed by atoms with Crippen LogP contribution < -0.4 is 4.90 Å². The van der Waals surface area contributed by atoms with Gasteiger partial charge in [-0.2, -0.15) is 0 Å². The molecule has 0 saturated carbocycles. The number of hydrogen-bond acceptors (Lipinski definition) is 2. The monoisotopic (exact) mass is 859 g/mol. The van der Waals surface area contributed by atoms with Crippen LogP contribution in [0.1, 0.15) is 47.2 Å². The Morgan fingerprint density at radius 1 is 0.364 bits per heavy atom. The maximum atomic E-state index is 2.61. The summed E-state index contributed by atoms with van der Waals surface area (Å²) in [6.07, 6.45) is 0. The molecule has 0 spiro atoms. The Balaban J connectivity index is 1.14. The van der Waals surface area contributed by atoms with E-state index in [0.29, 0.717) is 0 Å². The molecular formula is C64H45NS. The van der Waals surface area contributed by atoms with Gasteiger partial charge in [-0.25, -0.2) is 0 Å². The standard InChI is InChI=1S/C64H45NS/c1-63(2)55-39-45(43-21-9-4-10-22-43)33-37-52(55)60-57(63)41-59-61(53-28-16-18-30-58(53)66-59)62(60)65(48-34-31-44(32-35-48)42-19-7-3-8-20-42)49-36-38-51-50-27-15-17-29-54(50)64(56(51)40-49,46-23-11-5-12-24-46)47-25-13-6-14-26-47/h3-41H,1-2H3. The summed E-state index contributed by atoms with van der Waals surface area (Å²) < 4.78 is 2.60. The van der Waals surface area contributed by atoms with Crippen LogP contribution in [0.3, 0.4) is 0 Å². The van der Waals surface area contributed by atoms with Crippen molar-refractivity contribution in [3.63, 3.8) is 0 Å². The lowest BCUT2D eigenvalue weighted by molar-refractivity contribution is 0.661. The van der Waals surface area contributed by atoms with Gasteiger partial charge in [-0.15, -0.1) is 11.3 Å². The van der Waals surface area contributed by atoms with Gasteiger partial charge in [0.15, 0.2) is 0 Å². The highest BCUT2D eigenvalue weighted by atomic mass is 32.1. The smallest absolute Gasteiger partial charge is 0.0714 e. The van der Waals surface area contributed by atoms with Gasteiger partial charge in [0.25, 0.3) is 0 Å². The van der Waals surface area contributed by atoms with Crippen molar-refractivity contribution < 1.29 is 0 Å². The fourth-order valence-corrected chi connectivity index (χ4v) is 12.7. The summed E-state index contributed by atoms with van der Waals surface area (Å²) in [6, 6.07) is 88.3. The Morgan fingerprint density at radius 3 is 1.59 bits per heavy atom. The van der Waals surface area contributed by atoms with E-state index in [1.54, 1.807) is 0 Å². The number of benzene rings is 10. The fourth-order valence-electron chi connectivity index (χ4n) is 11.5. The van der Waals surface area contributed by atoms with Crippen LogP contribution in [0.5, 0.6) is 0 Å². The molecule has 0 amide bonds. The van der Waals surface area contributed by atoms with E-state index in [0.717, 1.165) is 11.4 Å². The molecule has 10 aromatic carbocycles. The van der Waals surface area contributed by atoms with Crippen LogP contribution in [-0.4, -0.2) is 0 Å². The van der Waals surface area contributed by atoms with Gasteiger partial charge in [-0.1, -0.05) is 208 Å². The fraction of sp³-hybridized carbons (Fsp3) is 0.0625. The molecule has 0 fully saturated rings. The molecule has 0 radical (unpaired) electrons. The van der Waals surface area contributed by atoms with Crippen molar-refractivity contribution in [1.82, 2.24) is 0 Å². The minimum absolute atomic E-state index is 0.257. The summed E-state index contributed by atoms with van der Waals surface area (Å²) in [6.45, 7) is 4.85. The molecule has 0 saturated heterocycles. The normalized spacial score (nSPS) is 13.8. The van der Waals surface area contributed by atoms with Crippen LogP contribution in [0.15, 0.2) is 237 Å². The minimum atomic E-state index is -0.543. The quantitative estimate of drug-likeness (QED) is 0.154. The van der Waals surface area contributed by atoms with Gasteiger partial charge in [0.2, 0.25) is 0 Å². The van der Waals surface area contributed by atoms with Crippen LogP contribution in [-0.2, 0) is 10.8 Å². The first-order chi connectivity index (χ1) is 32.5. The zero-order valence-corrected chi connectivity index (χ0v) is 37.7. The van der Waals surface area contributed by atoms with Crippen molar-refractivity contribution in [2.75, 3.05) is 4.90 Å². The lowest BCUT2D eigenvalue weighted by Crippen LogP contribution is -2.28. The Bertz CT molecular complexity index is 3600. The molecule has 0 N–H and O–H groups in total. The lowest BCUT2D eigenvalue weighted by Gasteiger charge is -2.35. The Morgan fingerprint density at radius 2 is 0.894 bits per heavy atom. The number of thiophene rings is 1. The maximum Gasteiger partial charge on any atom is 0.0714 e. The molecule has 0 unspecified atom stereocenters. The summed E-state index contributed by atoms with van der Waals surface area (Å²) in [5.74, 6) is 0. The average molecular weight is 860 g/mol. The van der Waals surface area contributed by atoms with Gasteiger partial charge < -0.3 is 4.90 Å². The van der Waals surface area contributed by atoms with Crippen molar-refractivity contribution in [3.05, 3.63) is 270 Å². The Labute approximate surface area is 390 Å². The first-order valence-electron chi connectivity index (χ1n) is 23.0. The van der Waals surface area contributed by atoms with E-state index in [1.807, 2.05) is 11.3 Å². The second-order valence-electron chi connectivity index (χ2n) is 18.4. The predicted molar refractivity (Wildman–Crippen MR) is 280 cm³/mol. The molecular weight excluding hydrogens is 815 g/mol. The number of fused-ring (bicyclic) bond motifs is 9. The molecule has 66 heavy (non-hydrogen) atoms. The molecule has 2 aliphatic rings. The predicted octanol–water partition coefficient (Wildman–Crippen LogP) is 17.5. The third-order valence-electron chi connectivity index (χ3n) is 14.5. The van der Waals surface area contributed by atoms with E-state index in [4.69, 9.17) is 0 Å². The van der Waals surface area contributed by atoms with Crippen LogP contribution in [0.4, 0.5) is 17.1 Å². The number of hydrogen-bond donors (Lipinski definition) is 0. The Kier molecular flexibility index (Phi) is 8.72. The van der Waals surface area contributed by atoms with Gasteiger partial charge in [-0.3, -0.25) is 0 Å². The van der Waals surface area contributed by atoms with E-state index in [1.165, 1.54) is 104 Å². The van der Waals surface area contributed by atoms with Crippen molar-refractivity contribution in [2.24, 2.45) is 0 Å². The van der Waals surface area contributed by atoms with Gasteiger partial charge in [0, 0.05) is 42.5 Å². The number of anilines is 3. The zero-order valence-electron chi connectivity index (χ0n) is 36.9. The molecule has 11 aromatic rings. The summed E-state index contributed by atoms with van der Waals surface area (Å²) in [4.78, 5) is 2.61. The zero-order chi connectivity index (χ0) is 44.0. The summed E-state index contributed by atoms with van der Waals surface area (Å²) in [5, 5.41) is 2.57. The van der Waals surface area contributed by atoms with Crippen LogP contribution in [0.25, 0.3) is 64.7 Å². The van der Waals surface area contributed by atoms with Gasteiger partial charge >= 0.3 is 0 Å². The third-order valence-corrected chi connectivity index (χ3v) is 15.7. The summed E-state index contributed by atoms with van der Waals surface area (Å²) in [5.41, 5.74) is 20.5. The maximum absolute atomic E-state index is 2.61. The molecule has 2 heteroatoms. The molecule has 1 nitrogen and oxygen atoms in total. The summed E-state index contributed by atoms with van der Waals surface area (Å²) >= 11 is 1.91. The molecule has 13 rings (SSSR count). The van der Waals surface area contributed by atoms with Crippen molar-refractivity contribution in [3.8, 4) is 44.5 Å². The topological polar surface area (TPSA) is 3.24 Å². The second kappa shape index (κ2) is 14.9. The van der Waals surface area contributed by atoms with Crippen LogP contribution in [0, 0.1) is 0 Å². The molecule has 312 valence electrons. The van der Waals surface area contributed by atoms with Crippen LogP contribution >= 0.6 is 11.3 Å². The van der Waals surface area contributed by atoms with Crippen LogP contribution in [0.2, 0.25) is 0 Å². The van der Waals surface area contributed by atoms with Crippen molar-refractivity contribution in [2.45, 2.75) is 24.7 Å². The molecule has 0 atom stereocenters. The van der Waals surface area contributed by atoms with Crippen molar-refractivity contribution >= 4 is 48.6 Å². The van der Waals surface area contributed by atoms with Crippen molar-refractivity contribution in [1.29, 1.82) is 0 Å². The first-order valence-corrected chi connectivity index (χ1v) is 23.8. The highest BCUT2D eigenvalue weighted by molar-refractivity contribution is 7.26. The van der Waals surface area contributed by atoms with E-state index in [9.17, 15) is 0 Å². The number of nitrogens with zero attached hydrogens (tertiary/aromatic N) is 1. The van der Waals surface area contributed by atoms with Gasteiger partial charge in [-0.05, 0) is 115 Å². The highest BCUT2D eigenvalue weighted by Gasteiger charge is 2.47. The first kappa shape index (κ1) is 38.7. The Hall–Kier alpha value is -7.78. The molecule has 1 heterocycles. The van der Waals surface area contributed by atoms with E-state index < -0.39 is 5.41 Å². The van der Waals surface area contributed by atoms with E-state index in [2.05, 4.69) is 255 Å². The second-order valence-corrected chi connectivity index (χ2v) is 19.5. The molecule has 0 bridgehead atoms. The molecule has 0 aliphatic heterocycles. The van der Waals surface area contributed by atoms with E-state index in [-0.39, 0.29) is 5.41 Å². The third kappa shape index (κ3) is 5.65.